The van der Waals surface area contributed by atoms with Gasteiger partial charge in [-0.05, 0) is 30.7 Å². The molecule has 0 atom stereocenters. The second kappa shape index (κ2) is 11.2. The highest BCUT2D eigenvalue weighted by molar-refractivity contribution is 8.00. The maximum Gasteiger partial charge on any atom is 0.341 e. The van der Waals surface area contributed by atoms with Crippen LogP contribution in [0.25, 0.3) is 0 Å². The van der Waals surface area contributed by atoms with E-state index >= 15 is 0 Å². The van der Waals surface area contributed by atoms with Gasteiger partial charge in [-0.3, -0.25) is 9.59 Å². The Morgan fingerprint density at radius 1 is 1.19 bits per heavy atom. The van der Waals surface area contributed by atoms with Gasteiger partial charge in [0.2, 0.25) is 5.91 Å². The summed E-state index contributed by atoms with van der Waals surface area (Å²) in [5.74, 6) is -0.268. The number of carbonyl (C=O) groups excluding carboxylic acids is 3. The molecule has 3 N–H and O–H groups in total. The Labute approximate surface area is 193 Å². The largest absolute Gasteiger partial charge is 0.490 e. The molecule has 172 valence electrons. The minimum Gasteiger partial charge on any atom is -0.490 e. The van der Waals surface area contributed by atoms with Gasteiger partial charge in [0.25, 0.3) is 5.91 Å². The van der Waals surface area contributed by atoms with Crippen LogP contribution in [0.1, 0.15) is 32.0 Å². The van der Waals surface area contributed by atoms with E-state index in [-0.39, 0.29) is 40.3 Å². The van der Waals surface area contributed by atoms with E-state index in [0.717, 1.165) is 22.7 Å². The summed E-state index contributed by atoms with van der Waals surface area (Å²) < 4.78 is 21.3. The highest BCUT2D eigenvalue weighted by Gasteiger charge is 2.26. The summed E-state index contributed by atoms with van der Waals surface area (Å²) in [6, 6.07) is 5.50. The van der Waals surface area contributed by atoms with Crippen molar-refractivity contribution in [1.29, 1.82) is 0 Å². The van der Waals surface area contributed by atoms with Crippen molar-refractivity contribution in [3.8, 4) is 11.5 Å². The number of carbonyl (C=O) groups is 3. The number of nitrogens with two attached hydrogens (primary N) is 1. The first-order valence-electron chi connectivity index (χ1n) is 9.82. The number of benzene rings is 1. The first kappa shape index (κ1) is 23.9. The summed E-state index contributed by atoms with van der Waals surface area (Å²) in [7, 11) is 1.49. The van der Waals surface area contributed by atoms with Gasteiger partial charge in [0.1, 0.15) is 11.6 Å². The molecule has 1 aromatic heterocycles. The molecule has 2 aromatic rings. The van der Waals surface area contributed by atoms with Gasteiger partial charge < -0.3 is 30.0 Å². The van der Waals surface area contributed by atoms with Crippen molar-refractivity contribution < 1.29 is 33.3 Å². The zero-order valence-electron chi connectivity index (χ0n) is 17.7. The highest BCUT2D eigenvalue weighted by atomic mass is 32.2. The molecule has 0 saturated heterocycles. The number of primary amides is 1. The molecule has 1 aliphatic heterocycles. The van der Waals surface area contributed by atoms with Crippen molar-refractivity contribution in [3.63, 3.8) is 0 Å². The second-order valence-electron chi connectivity index (χ2n) is 6.75. The lowest BCUT2D eigenvalue weighted by molar-refractivity contribution is -0.113. The van der Waals surface area contributed by atoms with E-state index in [1.807, 2.05) is 18.2 Å². The van der Waals surface area contributed by atoms with E-state index in [2.05, 4.69) is 5.32 Å². The van der Waals surface area contributed by atoms with Crippen LogP contribution in [-0.4, -0.2) is 57.1 Å². The molecule has 0 unspecified atom stereocenters. The van der Waals surface area contributed by atoms with Crippen LogP contribution < -0.4 is 20.5 Å². The van der Waals surface area contributed by atoms with E-state index in [1.54, 1.807) is 6.92 Å². The van der Waals surface area contributed by atoms with Gasteiger partial charge in [-0.15, -0.1) is 23.1 Å². The highest BCUT2D eigenvalue weighted by Crippen LogP contribution is 2.35. The molecule has 0 saturated carbocycles. The molecule has 0 spiro atoms. The average Bonchev–Trinajstić information content (AvgIpc) is 2.93. The predicted octanol–water partition coefficient (Wildman–Crippen LogP) is 2.85. The maximum atomic E-state index is 12.6. The first-order chi connectivity index (χ1) is 15.4. The summed E-state index contributed by atoms with van der Waals surface area (Å²) in [5.41, 5.74) is 5.90. The Morgan fingerprint density at radius 2 is 1.94 bits per heavy atom. The third kappa shape index (κ3) is 5.93. The predicted molar refractivity (Wildman–Crippen MR) is 121 cm³/mol. The number of methoxy groups -OCH3 is 1. The van der Waals surface area contributed by atoms with Crippen molar-refractivity contribution in [1.82, 2.24) is 0 Å². The summed E-state index contributed by atoms with van der Waals surface area (Å²) in [6.45, 7) is 3.04. The van der Waals surface area contributed by atoms with Crippen molar-refractivity contribution in [2.75, 3.05) is 44.6 Å². The van der Waals surface area contributed by atoms with E-state index in [4.69, 9.17) is 24.7 Å². The van der Waals surface area contributed by atoms with Crippen LogP contribution in [0.15, 0.2) is 23.1 Å². The maximum absolute atomic E-state index is 12.6. The Hall–Kier alpha value is -2.76. The normalized spacial score (nSPS) is 12.7. The fourth-order valence-electron chi connectivity index (χ4n) is 2.92. The molecule has 2 heterocycles. The minimum atomic E-state index is -0.680. The molecular weight excluding hydrogens is 456 g/mol. The molecule has 11 heteroatoms. The Kier molecular flexibility index (Phi) is 8.37. The van der Waals surface area contributed by atoms with Gasteiger partial charge in [0, 0.05) is 18.4 Å². The molecule has 2 amide bonds. The molecule has 9 nitrogen and oxygen atoms in total. The third-order valence-corrected chi connectivity index (χ3v) is 6.65. The molecule has 1 aromatic carbocycles. The number of hydrogen-bond acceptors (Lipinski definition) is 9. The average molecular weight is 481 g/mol. The number of anilines is 1. The number of thiophene rings is 1. The lowest BCUT2D eigenvalue weighted by Gasteiger charge is -2.10. The number of amides is 2. The Bertz CT molecular complexity index is 1010. The fraction of sp³-hybridized carbons (Fsp3) is 0.381. The molecule has 0 fully saturated rings. The minimum absolute atomic E-state index is 0.0455. The zero-order chi connectivity index (χ0) is 23.1. The molecule has 0 radical (unpaired) electrons. The SMILES string of the molecule is COCCOC(=O)c1c(NC(=O)CSc2ccc3c(c2)OCCCO3)sc(C(N)=O)c1C. The number of hydrogen-bond donors (Lipinski definition) is 2. The summed E-state index contributed by atoms with van der Waals surface area (Å²) >= 11 is 2.26. The Balaban J connectivity index is 1.68. The van der Waals surface area contributed by atoms with Gasteiger partial charge in [0.05, 0.1) is 36.0 Å². The van der Waals surface area contributed by atoms with Gasteiger partial charge in [-0.2, -0.15) is 0 Å². The molecule has 1 aliphatic rings. The van der Waals surface area contributed by atoms with Gasteiger partial charge in [0.15, 0.2) is 11.5 Å². The van der Waals surface area contributed by atoms with E-state index < -0.39 is 11.9 Å². The van der Waals surface area contributed by atoms with Crippen molar-refractivity contribution in [2.24, 2.45) is 5.73 Å². The van der Waals surface area contributed by atoms with Crippen molar-refractivity contribution >= 4 is 45.9 Å². The van der Waals surface area contributed by atoms with E-state index in [0.29, 0.717) is 30.3 Å². The topological polar surface area (TPSA) is 126 Å². The lowest BCUT2D eigenvalue weighted by atomic mass is 10.1. The van der Waals surface area contributed by atoms with Crippen LogP contribution in [-0.2, 0) is 14.3 Å². The number of nitrogens with one attached hydrogen (secondary N) is 1. The first-order valence-corrected chi connectivity index (χ1v) is 11.6. The van der Waals surface area contributed by atoms with Crippen molar-refractivity contribution in [3.05, 3.63) is 34.2 Å². The molecular formula is C21H24N2O7S2. The Morgan fingerprint density at radius 3 is 2.66 bits per heavy atom. The third-order valence-electron chi connectivity index (χ3n) is 4.44. The van der Waals surface area contributed by atoms with Crippen molar-refractivity contribution in [2.45, 2.75) is 18.2 Å². The van der Waals surface area contributed by atoms with Gasteiger partial charge in [-0.1, -0.05) is 0 Å². The number of thioether (sulfide) groups is 1. The van der Waals surface area contributed by atoms with E-state index in [9.17, 15) is 14.4 Å². The molecule has 0 bridgehead atoms. The molecule has 0 aliphatic carbocycles. The van der Waals surface area contributed by atoms with Gasteiger partial charge >= 0.3 is 5.97 Å². The van der Waals surface area contributed by atoms with Crippen LogP contribution >= 0.6 is 23.1 Å². The van der Waals surface area contributed by atoms with Crippen LogP contribution in [0.5, 0.6) is 11.5 Å². The monoisotopic (exact) mass is 480 g/mol. The molecule has 3 rings (SSSR count). The quantitative estimate of drug-likeness (QED) is 0.319. The lowest BCUT2D eigenvalue weighted by Crippen LogP contribution is -2.17. The van der Waals surface area contributed by atoms with Crippen LogP contribution in [0, 0.1) is 6.92 Å². The summed E-state index contributed by atoms with van der Waals surface area (Å²) in [4.78, 5) is 37.9. The molecule has 32 heavy (non-hydrogen) atoms. The van der Waals surface area contributed by atoms with Gasteiger partial charge in [-0.25, -0.2) is 4.79 Å². The van der Waals surface area contributed by atoms with E-state index in [1.165, 1.54) is 18.9 Å². The fourth-order valence-corrected chi connectivity index (χ4v) is 4.71. The van der Waals surface area contributed by atoms with Crippen LogP contribution in [0.2, 0.25) is 0 Å². The summed E-state index contributed by atoms with van der Waals surface area (Å²) in [6.07, 6.45) is 0.809. The number of rotatable bonds is 9. The van der Waals surface area contributed by atoms with Crippen LogP contribution in [0.4, 0.5) is 5.00 Å². The number of fused-ring (bicyclic) bond motifs is 1. The summed E-state index contributed by atoms with van der Waals surface area (Å²) in [5, 5.41) is 2.93. The number of ether oxygens (including phenoxy) is 4. The van der Waals surface area contributed by atoms with Crippen LogP contribution in [0.3, 0.4) is 0 Å². The second-order valence-corrected chi connectivity index (χ2v) is 8.82. The smallest absolute Gasteiger partial charge is 0.341 e. The zero-order valence-corrected chi connectivity index (χ0v) is 19.4. The number of esters is 1. The standard InChI is InChI=1S/C21H24N2O7S2/c1-12-17(21(26)30-9-8-27-2)20(32-18(12)19(22)25)23-16(24)11-31-13-4-5-14-15(10-13)29-7-3-6-28-14/h4-5,10H,3,6-9,11H2,1-2H3,(H2,22,25)(H,23,24).